The van der Waals surface area contributed by atoms with Crippen LogP contribution in [0.25, 0.3) is 0 Å². The SMILES string of the molecule is CC(C)OC(=O)CN(c1cc([N+](=O)[O-])ccc1Cl)S(=O)(=O)c1ccccc1[N+](=O)[O-]. The number of sulfonamides is 1. The minimum absolute atomic E-state index is 0.222. The summed E-state index contributed by atoms with van der Waals surface area (Å²) in [5.41, 5.74) is -1.62. The maximum absolute atomic E-state index is 13.3. The molecule has 0 aliphatic rings. The first-order valence-corrected chi connectivity index (χ1v) is 10.2. The van der Waals surface area contributed by atoms with E-state index in [2.05, 4.69) is 0 Å². The Bertz CT molecular complexity index is 1100. The number of anilines is 1. The number of non-ortho nitro benzene ring substituents is 1. The van der Waals surface area contributed by atoms with Crippen LogP contribution in [0.15, 0.2) is 47.4 Å². The van der Waals surface area contributed by atoms with E-state index in [4.69, 9.17) is 16.3 Å². The van der Waals surface area contributed by atoms with Crippen molar-refractivity contribution in [3.05, 3.63) is 67.7 Å². The number of ether oxygens (including phenoxy) is 1. The first-order chi connectivity index (χ1) is 13.9. The Labute approximate surface area is 176 Å². The van der Waals surface area contributed by atoms with Gasteiger partial charge in [-0.25, -0.2) is 8.42 Å². The number of hydrogen-bond donors (Lipinski definition) is 0. The highest BCUT2D eigenvalue weighted by Gasteiger charge is 2.35. The first kappa shape index (κ1) is 23.0. The lowest BCUT2D eigenvalue weighted by molar-refractivity contribution is -0.387. The number of para-hydroxylation sites is 1. The summed E-state index contributed by atoms with van der Waals surface area (Å²) >= 11 is 6.07. The molecular weight excluding hydrogens is 442 g/mol. The number of nitro groups is 2. The van der Waals surface area contributed by atoms with Gasteiger partial charge in [0.25, 0.3) is 21.4 Å². The summed E-state index contributed by atoms with van der Waals surface area (Å²) < 4.78 is 32.0. The van der Waals surface area contributed by atoms with Crippen molar-refractivity contribution in [1.82, 2.24) is 0 Å². The third-order valence-electron chi connectivity index (χ3n) is 3.68. The van der Waals surface area contributed by atoms with Gasteiger partial charge in [0, 0.05) is 18.2 Å². The number of carbonyl (C=O) groups excluding carboxylic acids is 1. The third kappa shape index (κ3) is 5.02. The molecule has 0 N–H and O–H groups in total. The Kier molecular flexibility index (Phi) is 6.95. The maximum Gasteiger partial charge on any atom is 0.327 e. The Morgan fingerprint density at radius 1 is 1.13 bits per heavy atom. The summed E-state index contributed by atoms with van der Waals surface area (Å²) in [4.78, 5) is 32.3. The van der Waals surface area contributed by atoms with Gasteiger partial charge < -0.3 is 4.74 Å². The van der Waals surface area contributed by atoms with Crippen LogP contribution >= 0.6 is 11.6 Å². The van der Waals surface area contributed by atoms with Gasteiger partial charge in [0.1, 0.15) is 6.54 Å². The van der Waals surface area contributed by atoms with Gasteiger partial charge in [0.05, 0.1) is 26.7 Å². The van der Waals surface area contributed by atoms with Gasteiger partial charge in [-0.3, -0.25) is 29.3 Å². The first-order valence-electron chi connectivity index (χ1n) is 8.34. The number of rotatable bonds is 8. The molecule has 0 spiro atoms. The zero-order valence-electron chi connectivity index (χ0n) is 15.7. The highest BCUT2D eigenvalue weighted by atomic mass is 35.5. The zero-order chi connectivity index (χ0) is 22.6. The second-order valence-electron chi connectivity index (χ2n) is 6.17. The molecule has 0 atom stereocenters. The Morgan fingerprint density at radius 2 is 1.77 bits per heavy atom. The van der Waals surface area contributed by atoms with Crippen molar-refractivity contribution >= 4 is 44.7 Å². The summed E-state index contributed by atoms with van der Waals surface area (Å²) in [6, 6.07) is 7.50. The fourth-order valence-electron chi connectivity index (χ4n) is 2.47. The predicted molar refractivity (Wildman–Crippen MR) is 107 cm³/mol. The number of hydrogen-bond acceptors (Lipinski definition) is 8. The molecule has 0 unspecified atom stereocenters. The van der Waals surface area contributed by atoms with Crippen LogP contribution in [0.4, 0.5) is 17.1 Å². The molecule has 0 fully saturated rings. The van der Waals surface area contributed by atoms with Gasteiger partial charge in [-0.05, 0) is 26.0 Å². The molecule has 0 heterocycles. The molecule has 2 aromatic carbocycles. The van der Waals surface area contributed by atoms with Crippen LogP contribution in [-0.4, -0.2) is 36.9 Å². The van der Waals surface area contributed by atoms with E-state index in [1.165, 1.54) is 12.1 Å². The number of nitrogens with zero attached hydrogens (tertiary/aromatic N) is 3. The summed E-state index contributed by atoms with van der Waals surface area (Å²) in [6.45, 7) is 2.17. The van der Waals surface area contributed by atoms with Gasteiger partial charge in [-0.1, -0.05) is 23.7 Å². The van der Waals surface area contributed by atoms with Crippen molar-refractivity contribution in [3.8, 4) is 0 Å². The molecule has 11 nitrogen and oxygen atoms in total. The van der Waals surface area contributed by atoms with Crippen LogP contribution in [0.1, 0.15) is 13.8 Å². The van der Waals surface area contributed by atoms with Crippen LogP contribution in [0.5, 0.6) is 0 Å². The third-order valence-corrected chi connectivity index (χ3v) is 5.81. The minimum atomic E-state index is -4.74. The van der Waals surface area contributed by atoms with Crippen molar-refractivity contribution in [2.75, 3.05) is 10.8 Å². The molecule has 0 saturated heterocycles. The van der Waals surface area contributed by atoms with Gasteiger partial charge in [0.2, 0.25) is 0 Å². The van der Waals surface area contributed by atoms with E-state index >= 15 is 0 Å². The van der Waals surface area contributed by atoms with Gasteiger partial charge in [-0.2, -0.15) is 0 Å². The van der Waals surface area contributed by atoms with E-state index < -0.39 is 60.4 Å². The fraction of sp³-hybridized carbons (Fsp3) is 0.235. The standard InChI is InChI=1S/C17H16ClN3O8S/c1-11(2)29-17(22)10-19(15-9-12(20(23)24)7-8-13(15)18)30(27,28)16-6-4-3-5-14(16)21(25)26/h3-9,11H,10H2,1-2H3. The molecule has 0 amide bonds. The Morgan fingerprint density at radius 3 is 2.33 bits per heavy atom. The normalized spacial score (nSPS) is 11.2. The number of nitro benzene ring substituents is 2. The van der Waals surface area contributed by atoms with Crippen LogP contribution < -0.4 is 4.31 Å². The molecule has 0 bridgehead atoms. The molecule has 0 aromatic heterocycles. The lowest BCUT2D eigenvalue weighted by Gasteiger charge is -2.24. The second kappa shape index (κ2) is 9.05. The Hall–Kier alpha value is -3.25. The fourth-order valence-corrected chi connectivity index (χ4v) is 4.32. The highest BCUT2D eigenvalue weighted by molar-refractivity contribution is 7.93. The van der Waals surface area contributed by atoms with E-state index in [0.29, 0.717) is 4.31 Å². The lowest BCUT2D eigenvalue weighted by atomic mass is 10.3. The Balaban J connectivity index is 2.71. The molecule has 2 rings (SSSR count). The maximum atomic E-state index is 13.3. The van der Waals surface area contributed by atoms with Gasteiger partial charge in [0.15, 0.2) is 4.90 Å². The van der Waals surface area contributed by atoms with Crippen LogP contribution in [0.2, 0.25) is 5.02 Å². The zero-order valence-corrected chi connectivity index (χ0v) is 17.3. The molecular formula is C17H16ClN3O8S. The number of halogens is 1. The van der Waals surface area contributed by atoms with E-state index in [-0.39, 0.29) is 5.02 Å². The molecule has 0 saturated carbocycles. The van der Waals surface area contributed by atoms with Crippen molar-refractivity contribution in [1.29, 1.82) is 0 Å². The number of esters is 1. The molecule has 13 heteroatoms. The van der Waals surface area contributed by atoms with Crippen molar-refractivity contribution in [3.63, 3.8) is 0 Å². The summed E-state index contributed by atoms with van der Waals surface area (Å²) in [5, 5.41) is 22.2. The number of benzene rings is 2. The van der Waals surface area contributed by atoms with Crippen molar-refractivity contribution in [2.24, 2.45) is 0 Å². The lowest BCUT2D eigenvalue weighted by Crippen LogP contribution is -2.37. The highest BCUT2D eigenvalue weighted by Crippen LogP contribution is 2.35. The number of carbonyl (C=O) groups is 1. The van der Waals surface area contributed by atoms with E-state index in [1.807, 2.05) is 0 Å². The largest absolute Gasteiger partial charge is 0.462 e. The molecule has 2 aromatic rings. The minimum Gasteiger partial charge on any atom is -0.462 e. The molecule has 0 radical (unpaired) electrons. The van der Waals surface area contributed by atoms with Crippen molar-refractivity contribution < 1.29 is 27.8 Å². The smallest absolute Gasteiger partial charge is 0.327 e. The van der Waals surface area contributed by atoms with E-state index in [9.17, 15) is 33.4 Å². The average molecular weight is 458 g/mol. The second-order valence-corrected chi connectivity index (χ2v) is 8.41. The van der Waals surface area contributed by atoms with Crippen LogP contribution in [0, 0.1) is 20.2 Å². The quantitative estimate of drug-likeness (QED) is 0.332. The monoisotopic (exact) mass is 457 g/mol. The molecule has 0 aliphatic carbocycles. The molecule has 160 valence electrons. The summed E-state index contributed by atoms with van der Waals surface area (Å²) in [6.07, 6.45) is -0.575. The summed E-state index contributed by atoms with van der Waals surface area (Å²) in [7, 11) is -4.74. The van der Waals surface area contributed by atoms with Crippen molar-refractivity contribution in [2.45, 2.75) is 24.8 Å². The van der Waals surface area contributed by atoms with Crippen LogP contribution in [-0.2, 0) is 19.6 Å². The molecule has 30 heavy (non-hydrogen) atoms. The predicted octanol–water partition coefficient (Wildman–Crippen LogP) is 3.30. The van der Waals surface area contributed by atoms with Gasteiger partial charge >= 0.3 is 5.97 Å². The van der Waals surface area contributed by atoms with Gasteiger partial charge in [-0.15, -0.1) is 0 Å². The topological polar surface area (TPSA) is 150 Å². The van der Waals surface area contributed by atoms with E-state index in [1.54, 1.807) is 13.8 Å². The summed E-state index contributed by atoms with van der Waals surface area (Å²) in [5.74, 6) is -0.977. The molecule has 0 aliphatic heterocycles. The van der Waals surface area contributed by atoms with E-state index in [0.717, 1.165) is 30.3 Å². The average Bonchev–Trinajstić information content (AvgIpc) is 2.65. The van der Waals surface area contributed by atoms with Crippen LogP contribution in [0.3, 0.4) is 0 Å².